The van der Waals surface area contributed by atoms with Gasteiger partial charge in [0.2, 0.25) is 0 Å². The lowest BCUT2D eigenvalue weighted by Gasteiger charge is -2.16. The molecule has 2 rings (SSSR count). The van der Waals surface area contributed by atoms with Crippen molar-refractivity contribution in [2.24, 2.45) is 5.92 Å². The number of nitrogens with one attached hydrogen (secondary N) is 1. The topological polar surface area (TPSA) is 30.5 Å². The minimum Gasteiger partial charge on any atom is -0.488 e. The number of ether oxygens (including phenoxy) is 2. The molecule has 2 atom stereocenters. The van der Waals surface area contributed by atoms with Crippen molar-refractivity contribution in [1.29, 1.82) is 0 Å². The van der Waals surface area contributed by atoms with Gasteiger partial charge < -0.3 is 14.8 Å². The van der Waals surface area contributed by atoms with E-state index in [1.165, 1.54) is 0 Å². The van der Waals surface area contributed by atoms with Crippen molar-refractivity contribution < 1.29 is 13.9 Å². The molecule has 0 saturated carbocycles. The molecule has 4 heteroatoms. The number of benzene rings is 1. The highest BCUT2D eigenvalue weighted by molar-refractivity contribution is 5.30. The van der Waals surface area contributed by atoms with Gasteiger partial charge in [0.15, 0.2) is 11.6 Å². The Morgan fingerprint density at radius 2 is 2.10 bits per heavy atom. The molecule has 0 bridgehead atoms. The van der Waals surface area contributed by atoms with E-state index in [-0.39, 0.29) is 18.0 Å². The summed E-state index contributed by atoms with van der Waals surface area (Å²) in [6, 6.07) is 5.21. The number of hydrogen-bond acceptors (Lipinski definition) is 3. The first-order valence-electron chi connectivity index (χ1n) is 7.80. The summed E-state index contributed by atoms with van der Waals surface area (Å²) in [5.74, 6) is 0.695. The van der Waals surface area contributed by atoms with Crippen LogP contribution in [0.25, 0.3) is 0 Å². The fourth-order valence-electron chi connectivity index (χ4n) is 2.50. The van der Waals surface area contributed by atoms with Crippen LogP contribution in [0.5, 0.6) is 5.75 Å². The highest BCUT2D eigenvalue weighted by Crippen LogP contribution is 2.23. The van der Waals surface area contributed by atoms with E-state index >= 15 is 0 Å². The predicted octanol–water partition coefficient (Wildman–Crippen LogP) is 3.31. The van der Waals surface area contributed by atoms with Crippen LogP contribution in [0.3, 0.4) is 0 Å². The lowest BCUT2D eigenvalue weighted by atomic mass is 10.2. The summed E-state index contributed by atoms with van der Waals surface area (Å²) in [6.07, 6.45) is 2.33. The molecule has 1 saturated heterocycles. The molecule has 118 valence electrons. The molecule has 1 aliphatic heterocycles. The molecule has 0 radical (unpaired) electrons. The molecule has 1 aromatic rings. The quantitative estimate of drug-likeness (QED) is 0.837. The Kier molecular flexibility index (Phi) is 6.00. The van der Waals surface area contributed by atoms with E-state index in [1.54, 1.807) is 19.1 Å². The lowest BCUT2D eigenvalue weighted by molar-refractivity contribution is 0.0176. The minimum absolute atomic E-state index is 0.0655. The predicted molar refractivity (Wildman–Crippen MR) is 82.2 cm³/mol. The van der Waals surface area contributed by atoms with Gasteiger partial charge in [0, 0.05) is 6.54 Å². The zero-order chi connectivity index (χ0) is 15.2. The van der Waals surface area contributed by atoms with Crippen LogP contribution in [0.1, 0.15) is 32.3 Å². The highest BCUT2D eigenvalue weighted by atomic mass is 19.1. The maximum absolute atomic E-state index is 13.8. The molecular formula is C17H26FNO2. The molecule has 1 aliphatic rings. The molecule has 3 nitrogen and oxygen atoms in total. The van der Waals surface area contributed by atoms with Crippen LogP contribution in [-0.2, 0) is 4.74 Å². The van der Waals surface area contributed by atoms with Gasteiger partial charge in [-0.05, 0) is 43.9 Å². The van der Waals surface area contributed by atoms with E-state index in [0.29, 0.717) is 23.8 Å². The third-order valence-corrected chi connectivity index (χ3v) is 3.70. The van der Waals surface area contributed by atoms with Crippen LogP contribution in [0.15, 0.2) is 18.2 Å². The normalized spacial score (nSPS) is 22.0. The average molecular weight is 295 g/mol. The summed E-state index contributed by atoms with van der Waals surface area (Å²) in [5.41, 5.74) is 0.607. The van der Waals surface area contributed by atoms with Gasteiger partial charge >= 0.3 is 0 Å². The Bertz CT molecular complexity index is 450. The third-order valence-electron chi connectivity index (χ3n) is 3.70. The van der Waals surface area contributed by atoms with Crippen molar-refractivity contribution >= 4 is 0 Å². The second-order valence-electron chi connectivity index (χ2n) is 6.21. The fourth-order valence-corrected chi connectivity index (χ4v) is 2.50. The van der Waals surface area contributed by atoms with E-state index in [2.05, 4.69) is 19.2 Å². The van der Waals surface area contributed by atoms with Crippen molar-refractivity contribution in [1.82, 2.24) is 5.32 Å². The molecule has 0 aromatic heterocycles. The molecule has 0 amide bonds. The Morgan fingerprint density at radius 1 is 1.33 bits per heavy atom. The van der Waals surface area contributed by atoms with E-state index in [9.17, 15) is 4.39 Å². The Morgan fingerprint density at radius 3 is 2.86 bits per heavy atom. The molecule has 21 heavy (non-hydrogen) atoms. The van der Waals surface area contributed by atoms with E-state index in [1.807, 2.05) is 6.07 Å². The minimum atomic E-state index is -0.273. The Hall–Kier alpha value is -1.13. The highest BCUT2D eigenvalue weighted by Gasteiger charge is 2.25. The van der Waals surface area contributed by atoms with Crippen LogP contribution >= 0.6 is 0 Å². The summed E-state index contributed by atoms with van der Waals surface area (Å²) in [6.45, 7) is 8.43. The van der Waals surface area contributed by atoms with Crippen LogP contribution in [0.4, 0.5) is 4.39 Å². The van der Waals surface area contributed by atoms with Gasteiger partial charge in [-0.25, -0.2) is 4.39 Å². The first kappa shape index (κ1) is 16.2. The standard InChI is InChI=1S/C17H26FNO2/c1-12(2)9-19-10-14-7-8-15(21-14)11-20-16-6-4-5-13(3)17(16)18/h4-6,12,14-15,19H,7-11H2,1-3H3. The maximum Gasteiger partial charge on any atom is 0.167 e. The van der Waals surface area contributed by atoms with Gasteiger partial charge in [0.1, 0.15) is 6.61 Å². The fraction of sp³-hybridized carbons (Fsp3) is 0.647. The van der Waals surface area contributed by atoms with Gasteiger partial charge in [-0.15, -0.1) is 0 Å². The molecular weight excluding hydrogens is 269 g/mol. The van der Waals surface area contributed by atoms with Crippen LogP contribution in [0.2, 0.25) is 0 Å². The largest absolute Gasteiger partial charge is 0.488 e. The molecule has 1 heterocycles. The van der Waals surface area contributed by atoms with E-state index in [4.69, 9.17) is 9.47 Å². The van der Waals surface area contributed by atoms with Crippen molar-refractivity contribution in [3.8, 4) is 5.75 Å². The summed E-state index contributed by atoms with van der Waals surface area (Å²) in [4.78, 5) is 0. The van der Waals surface area contributed by atoms with Crippen LogP contribution in [-0.4, -0.2) is 31.9 Å². The van der Waals surface area contributed by atoms with Gasteiger partial charge in [-0.2, -0.15) is 0 Å². The number of halogens is 1. The first-order valence-corrected chi connectivity index (χ1v) is 7.80. The van der Waals surface area contributed by atoms with Crippen LogP contribution < -0.4 is 10.1 Å². The molecule has 1 fully saturated rings. The summed E-state index contributed by atoms with van der Waals surface area (Å²) >= 11 is 0. The van der Waals surface area contributed by atoms with Gasteiger partial charge in [-0.3, -0.25) is 0 Å². The number of hydrogen-bond donors (Lipinski definition) is 1. The van der Waals surface area contributed by atoms with Gasteiger partial charge in [-0.1, -0.05) is 26.0 Å². The maximum atomic E-state index is 13.8. The van der Waals surface area contributed by atoms with E-state index in [0.717, 1.165) is 25.9 Å². The monoisotopic (exact) mass is 295 g/mol. The molecule has 1 aromatic carbocycles. The zero-order valence-corrected chi connectivity index (χ0v) is 13.2. The SMILES string of the molecule is Cc1cccc(OCC2CCC(CNCC(C)C)O2)c1F. The van der Waals surface area contributed by atoms with Crippen LogP contribution in [0, 0.1) is 18.7 Å². The molecule has 1 N–H and O–H groups in total. The summed E-state index contributed by atoms with van der Waals surface area (Å²) < 4.78 is 25.3. The van der Waals surface area contributed by atoms with Crippen molar-refractivity contribution in [3.63, 3.8) is 0 Å². The molecule has 0 aliphatic carbocycles. The average Bonchev–Trinajstić information content (AvgIpc) is 2.88. The summed E-state index contributed by atoms with van der Waals surface area (Å²) in [7, 11) is 0. The molecule has 0 spiro atoms. The van der Waals surface area contributed by atoms with E-state index < -0.39 is 0 Å². The molecule has 2 unspecified atom stereocenters. The second kappa shape index (κ2) is 7.76. The second-order valence-corrected chi connectivity index (χ2v) is 6.21. The van der Waals surface area contributed by atoms with Crippen molar-refractivity contribution in [2.75, 3.05) is 19.7 Å². The number of aryl methyl sites for hydroxylation is 1. The van der Waals surface area contributed by atoms with Crippen molar-refractivity contribution in [2.45, 2.75) is 45.8 Å². The number of rotatable bonds is 7. The lowest BCUT2D eigenvalue weighted by Crippen LogP contribution is -2.30. The Balaban J connectivity index is 1.72. The third kappa shape index (κ3) is 4.97. The smallest absolute Gasteiger partial charge is 0.167 e. The van der Waals surface area contributed by atoms with Gasteiger partial charge in [0.25, 0.3) is 0 Å². The summed E-state index contributed by atoms with van der Waals surface area (Å²) in [5, 5.41) is 3.41. The Labute approximate surface area is 126 Å². The zero-order valence-electron chi connectivity index (χ0n) is 13.2. The first-order chi connectivity index (χ1) is 10.1. The van der Waals surface area contributed by atoms with Crippen molar-refractivity contribution in [3.05, 3.63) is 29.6 Å². The van der Waals surface area contributed by atoms with Gasteiger partial charge in [0.05, 0.1) is 12.2 Å².